The predicted octanol–water partition coefficient (Wildman–Crippen LogP) is 3.35. The average molecular weight is 350 g/mol. The molecule has 4 atom stereocenters. The van der Waals surface area contributed by atoms with Crippen molar-refractivity contribution in [3.8, 4) is 0 Å². The van der Waals surface area contributed by atoms with E-state index in [2.05, 4.69) is 0 Å². The molecule has 1 saturated carbocycles. The van der Waals surface area contributed by atoms with Gasteiger partial charge >= 0.3 is 0 Å². The number of aliphatic hydroxyl groups is 2. The smallest absolute Gasteiger partial charge is 0.139 e. The van der Waals surface area contributed by atoms with Gasteiger partial charge in [-0.2, -0.15) is 0 Å². The number of rotatable bonds is 7. The third kappa shape index (κ3) is 4.90. The van der Waals surface area contributed by atoms with Gasteiger partial charge in [0.25, 0.3) is 0 Å². The van der Waals surface area contributed by atoms with Crippen LogP contribution in [0.3, 0.4) is 0 Å². The maximum Gasteiger partial charge on any atom is 0.139 e. The minimum atomic E-state index is -0.659. The summed E-state index contributed by atoms with van der Waals surface area (Å²) in [5.74, 6) is -0.339. The number of aryl methyl sites for hydroxylation is 1. The van der Waals surface area contributed by atoms with Crippen LogP contribution in [0, 0.1) is 11.8 Å². The summed E-state index contributed by atoms with van der Waals surface area (Å²) < 4.78 is 0. The largest absolute Gasteiger partial charge is 0.392 e. The van der Waals surface area contributed by atoms with Crippen LogP contribution in [0.4, 0.5) is 0 Å². The zero-order valence-corrected chi connectivity index (χ0v) is 14.9. The fourth-order valence-corrected chi connectivity index (χ4v) is 3.67. The van der Waals surface area contributed by atoms with Crippen molar-refractivity contribution >= 4 is 5.78 Å². The first-order valence-electron chi connectivity index (χ1n) is 9.28. The highest BCUT2D eigenvalue weighted by atomic mass is 16.3. The predicted molar refractivity (Wildman–Crippen MR) is 103 cm³/mol. The second kappa shape index (κ2) is 8.93. The lowest BCUT2D eigenvalue weighted by atomic mass is 9.87. The minimum absolute atomic E-state index is 0.106. The van der Waals surface area contributed by atoms with Gasteiger partial charge in [0.15, 0.2) is 0 Å². The summed E-state index contributed by atoms with van der Waals surface area (Å²) in [5.41, 5.74) is 2.29. The fraction of sp³-hybridized carbons (Fsp3) is 0.348. The van der Waals surface area contributed by atoms with Crippen LogP contribution in [0.5, 0.6) is 0 Å². The molecule has 1 fully saturated rings. The molecule has 2 N–H and O–H groups in total. The summed E-state index contributed by atoms with van der Waals surface area (Å²) >= 11 is 0. The number of carbonyl (C=O) groups excluding carboxylic acids is 1. The van der Waals surface area contributed by atoms with Gasteiger partial charge in [-0.3, -0.25) is 4.79 Å². The van der Waals surface area contributed by atoms with Gasteiger partial charge in [0.1, 0.15) is 5.78 Å². The molecule has 3 rings (SSSR count). The number of carbonyl (C=O) groups is 1. The monoisotopic (exact) mass is 350 g/mol. The molecule has 2 aromatic carbocycles. The van der Waals surface area contributed by atoms with Crippen LogP contribution in [0.25, 0.3) is 0 Å². The molecule has 3 heteroatoms. The highest BCUT2D eigenvalue weighted by Crippen LogP contribution is 2.33. The van der Waals surface area contributed by atoms with Crippen molar-refractivity contribution in [1.29, 1.82) is 0 Å². The van der Waals surface area contributed by atoms with Gasteiger partial charge < -0.3 is 10.2 Å². The van der Waals surface area contributed by atoms with E-state index in [9.17, 15) is 15.0 Å². The maximum absolute atomic E-state index is 12.3. The zero-order chi connectivity index (χ0) is 18.4. The summed E-state index contributed by atoms with van der Waals surface area (Å²) in [7, 11) is 0. The molecule has 0 aromatic heterocycles. The molecule has 26 heavy (non-hydrogen) atoms. The maximum atomic E-state index is 12.3. The SMILES string of the molecule is O=C1C[C@@H](O)[C@H](C=C[C@@H](O)CCc2ccccc2)[C@H]1Cc1ccccc1. The Kier molecular flexibility index (Phi) is 6.37. The quantitative estimate of drug-likeness (QED) is 0.753. The lowest BCUT2D eigenvalue weighted by Gasteiger charge is -2.18. The van der Waals surface area contributed by atoms with Gasteiger partial charge in [-0.05, 0) is 30.4 Å². The summed E-state index contributed by atoms with van der Waals surface area (Å²) in [6, 6.07) is 19.9. The van der Waals surface area contributed by atoms with Gasteiger partial charge in [-0.1, -0.05) is 72.8 Å². The normalized spacial score (nSPS) is 24.2. The third-order valence-corrected chi connectivity index (χ3v) is 5.16. The Morgan fingerprint density at radius 2 is 1.62 bits per heavy atom. The Balaban J connectivity index is 1.60. The van der Waals surface area contributed by atoms with E-state index in [0.717, 1.165) is 12.0 Å². The molecule has 0 bridgehead atoms. The number of aliphatic hydroxyl groups excluding tert-OH is 2. The van der Waals surface area contributed by atoms with Gasteiger partial charge in [0.05, 0.1) is 12.2 Å². The second-order valence-electron chi connectivity index (χ2n) is 7.09. The Hall–Kier alpha value is -2.23. The molecule has 136 valence electrons. The summed E-state index contributed by atoms with van der Waals surface area (Å²) in [4.78, 5) is 12.3. The van der Waals surface area contributed by atoms with Crippen LogP contribution in [-0.2, 0) is 17.6 Å². The Labute approximate surface area is 155 Å². The van der Waals surface area contributed by atoms with Crippen LogP contribution in [-0.4, -0.2) is 28.2 Å². The van der Waals surface area contributed by atoms with E-state index < -0.39 is 12.2 Å². The van der Waals surface area contributed by atoms with Gasteiger partial charge in [0, 0.05) is 18.3 Å². The van der Waals surface area contributed by atoms with E-state index in [0.29, 0.717) is 12.8 Å². The average Bonchev–Trinajstić information content (AvgIpc) is 2.93. The van der Waals surface area contributed by atoms with Gasteiger partial charge in [-0.25, -0.2) is 0 Å². The first kappa shape index (κ1) is 18.6. The third-order valence-electron chi connectivity index (χ3n) is 5.16. The van der Waals surface area contributed by atoms with Crippen molar-refractivity contribution in [2.24, 2.45) is 11.8 Å². The molecule has 0 aliphatic heterocycles. The van der Waals surface area contributed by atoms with Gasteiger partial charge in [-0.15, -0.1) is 0 Å². The lowest BCUT2D eigenvalue weighted by Crippen LogP contribution is -2.21. The highest BCUT2D eigenvalue weighted by molar-refractivity contribution is 5.85. The minimum Gasteiger partial charge on any atom is -0.392 e. The van der Waals surface area contributed by atoms with E-state index in [1.807, 2.05) is 66.7 Å². The molecular weight excluding hydrogens is 324 g/mol. The molecule has 0 spiro atoms. The topological polar surface area (TPSA) is 57.5 Å². The molecule has 0 unspecified atom stereocenters. The van der Waals surface area contributed by atoms with Crippen molar-refractivity contribution in [2.45, 2.75) is 37.9 Å². The Morgan fingerprint density at radius 3 is 2.27 bits per heavy atom. The Morgan fingerprint density at radius 1 is 1.00 bits per heavy atom. The standard InChI is InChI=1S/C23H26O3/c24-19(12-11-17-7-3-1-4-8-17)13-14-20-21(23(26)16-22(20)25)15-18-9-5-2-6-10-18/h1-10,13-14,19-22,24-25H,11-12,15-16H2/t19-,20+,21+,22+/m0/s1. The number of hydrogen-bond acceptors (Lipinski definition) is 3. The lowest BCUT2D eigenvalue weighted by molar-refractivity contribution is -0.121. The van der Waals surface area contributed by atoms with Crippen molar-refractivity contribution in [2.75, 3.05) is 0 Å². The van der Waals surface area contributed by atoms with E-state index in [1.165, 1.54) is 5.56 Å². The molecule has 0 radical (unpaired) electrons. The molecular formula is C23H26O3. The van der Waals surface area contributed by atoms with Crippen LogP contribution in [0.1, 0.15) is 24.0 Å². The van der Waals surface area contributed by atoms with E-state index in [-0.39, 0.29) is 24.0 Å². The van der Waals surface area contributed by atoms with Crippen LogP contribution in [0.2, 0.25) is 0 Å². The van der Waals surface area contributed by atoms with E-state index in [4.69, 9.17) is 0 Å². The number of Topliss-reactive ketones (excluding diaryl/α,β-unsaturated/α-hetero) is 1. The van der Waals surface area contributed by atoms with Gasteiger partial charge in [0.2, 0.25) is 0 Å². The zero-order valence-electron chi connectivity index (χ0n) is 14.9. The van der Waals surface area contributed by atoms with Crippen molar-refractivity contribution in [3.63, 3.8) is 0 Å². The molecule has 1 aliphatic rings. The number of ketones is 1. The van der Waals surface area contributed by atoms with Crippen molar-refractivity contribution < 1.29 is 15.0 Å². The fourth-order valence-electron chi connectivity index (χ4n) is 3.67. The molecule has 2 aromatic rings. The van der Waals surface area contributed by atoms with Crippen molar-refractivity contribution in [1.82, 2.24) is 0 Å². The number of hydrogen-bond donors (Lipinski definition) is 2. The number of benzene rings is 2. The van der Waals surface area contributed by atoms with E-state index in [1.54, 1.807) is 6.08 Å². The molecule has 0 heterocycles. The summed E-state index contributed by atoms with van der Waals surface area (Å²) in [6.45, 7) is 0. The Bertz CT molecular complexity index is 724. The first-order chi connectivity index (χ1) is 12.6. The first-order valence-corrected chi connectivity index (χ1v) is 9.28. The van der Waals surface area contributed by atoms with Crippen LogP contribution >= 0.6 is 0 Å². The van der Waals surface area contributed by atoms with Crippen LogP contribution in [0.15, 0.2) is 72.8 Å². The highest BCUT2D eigenvalue weighted by Gasteiger charge is 2.39. The summed E-state index contributed by atoms with van der Waals surface area (Å²) in [6.07, 6.45) is 4.61. The molecule has 1 aliphatic carbocycles. The summed E-state index contributed by atoms with van der Waals surface area (Å²) in [5, 5.41) is 20.5. The van der Waals surface area contributed by atoms with Crippen LogP contribution < -0.4 is 0 Å². The second-order valence-corrected chi connectivity index (χ2v) is 7.09. The van der Waals surface area contributed by atoms with E-state index >= 15 is 0 Å². The molecule has 3 nitrogen and oxygen atoms in total. The van der Waals surface area contributed by atoms with Crippen molar-refractivity contribution in [3.05, 3.63) is 83.9 Å². The molecule has 0 amide bonds. The molecule has 0 saturated heterocycles.